The van der Waals surface area contributed by atoms with Gasteiger partial charge in [-0.2, -0.15) is 0 Å². The highest BCUT2D eigenvalue weighted by Gasteiger charge is 2.53. The van der Waals surface area contributed by atoms with Gasteiger partial charge < -0.3 is 15.7 Å². The largest absolute Gasteiger partial charge is 0.480 e. The van der Waals surface area contributed by atoms with Gasteiger partial charge in [-0.15, -0.1) is 0 Å². The summed E-state index contributed by atoms with van der Waals surface area (Å²) in [6.45, 7) is 0. The molecule has 5 rings (SSSR count). The normalized spacial score (nSPS) is 18.0. The smallest absolute Gasteiger partial charge is 0.326 e. The second-order valence-electron chi connectivity index (χ2n) is 8.98. The van der Waals surface area contributed by atoms with Crippen LogP contribution in [0.4, 0.5) is 11.5 Å². The minimum atomic E-state index is -0.937. The Hall–Kier alpha value is -3.26. The number of pyridine rings is 2. The highest BCUT2D eigenvalue weighted by Crippen LogP contribution is 2.53. The molecular formula is C26H25BrN4O3. The fraction of sp³-hybridized carbons (Fsp3) is 0.308. The van der Waals surface area contributed by atoms with Gasteiger partial charge in [-0.05, 0) is 64.0 Å². The molecule has 3 N–H and O–H groups in total. The minimum absolute atomic E-state index is 0.103. The lowest BCUT2D eigenvalue weighted by atomic mass is 9.62. The summed E-state index contributed by atoms with van der Waals surface area (Å²) in [6, 6.07) is 10.7. The molecule has 2 aromatic heterocycles. The molecule has 2 aliphatic rings. The predicted molar refractivity (Wildman–Crippen MR) is 134 cm³/mol. The minimum Gasteiger partial charge on any atom is -0.480 e. The van der Waals surface area contributed by atoms with E-state index in [1.165, 1.54) is 0 Å². The molecular weight excluding hydrogens is 496 g/mol. The third-order valence-corrected chi connectivity index (χ3v) is 7.64. The van der Waals surface area contributed by atoms with Crippen molar-refractivity contribution >= 4 is 50.0 Å². The summed E-state index contributed by atoms with van der Waals surface area (Å²) in [6.07, 6.45) is 10.3. The van der Waals surface area contributed by atoms with Crippen molar-refractivity contribution in [3.8, 4) is 0 Å². The van der Waals surface area contributed by atoms with Crippen molar-refractivity contribution in [3.63, 3.8) is 0 Å². The van der Waals surface area contributed by atoms with Crippen molar-refractivity contribution < 1.29 is 14.7 Å². The third-order valence-electron chi connectivity index (χ3n) is 6.88. The van der Waals surface area contributed by atoms with Crippen LogP contribution in [0.25, 0.3) is 10.8 Å². The average Bonchev–Trinajstić information content (AvgIpc) is 2.87. The molecule has 0 amide bonds. The second kappa shape index (κ2) is 9.18. The molecule has 1 spiro atoms. The summed E-state index contributed by atoms with van der Waals surface area (Å²) in [4.78, 5) is 33.3. The maximum absolute atomic E-state index is 12.6. The lowest BCUT2D eigenvalue weighted by molar-refractivity contribution is -0.140. The van der Waals surface area contributed by atoms with E-state index in [0.717, 1.165) is 59.8 Å². The lowest BCUT2D eigenvalue weighted by Gasteiger charge is -2.46. The van der Waals surface area contributed by atoms with Gasteiger partial charge in [0, 0.05) is 41.8 Å². The number of anilines is 2. The number of aliphatic carboxylic acids is 1. The highest BCUT2D eigenvalue weighted by atomic mass is 79.9. The SMILES string of the molecule is O=C(O)[C@H](Cc1ccc(Nc2nccc3ccncc23)cc1)NC1=C(Br)C(=O)C12CCCCC2. The van der Waals surface area contributed by atoms with Crippen molar-refractivity contribution in [3.05, 3.63) is 70.7 Å². The van der Waals surface area contributed by atoms with E-state index in [-0.39, 0.29) is 5.78 Å². The summed E-state index contributed by atoms with van der Waals surface area (Å²) in [7, 11) is 0. The van der Waals surface area contributed by atoms with E-state index in [1.807, 2.05) is 36.4 Å². The predicted octanol–water partition coefficient (Wildman–Crippen LogP) is 5.10. The average molecular weight is 521 g/mol. The van der Waals surface area contributed by atoms with Gasteiger partial charge in [-0.1, -0.05) is 31.4 Å². The van der Waals surface area contributed by atoms with E-state index in [9.17, 15) is 14.7 Å². The second-order valence-corrected chi connectivity index (χ2v) is 9.77. The van der Waals surface area contributed by atoms with Crippen LogP contribution in [0.1, 0.15) is 37.7 Å². The number of hydrogen-bond donors (Lipinski definition) is 3. The van der Waals surface area contributed by atoms with Crippen molar-refractivity contribution in [1.29, 1.82) is 0 Å². The topological polar surface area (TPSA) is 104 Å². The number of carbonyl (C=O) groups excluding carboxylic acids is 1. The number of carbonyl (C=O) groups is 2. The first-order valence-electron chi connectivity index (χ1n) is 11.5. The Morgan fingerprint density at radius 1 is 1.09 bits per heavy atom. The van der Waals surface area contributed by atoms with Crippen molar-refractivity contribution in [2.45, 2.75) is 44.6 Å². The Morgan fingerprint density at radius 2 is 1.82 bits per heavy atom. The number of carboxylic acids is 1. The summed E-state index contributed by atoms with van der Waals surface area (Å²) in [5.74, 6) is -0.119. The number of ketones is 1. The Kier molecular flexibility index (Phi) is 6.08. The van der Waals surface area contributed by atoms with Crippen LogP contribution >= 0.6 is 15.9 Å². The van der Waals surface area contributed by atoms with E-state index in [4.69, 9.17) is 0 Å². The van der Waals surface area contributed by atoms with Gasteiger partial charge in [-0.3, -0.25) is 9.78 Å². The summed E-state index contributed by atoms with van der Waals surface area (Å²) < 4.78 is 0.497. The van der Waals surface area contributed by atoms with E-state index >= 15 is 0 Å². The van der Waals surface area contributed by atoms with Gasteiger partial charge >= 0.3 is 5.97 Å². The number of carboxylic acid groups (broad SMARTS) is 1. The Labute approximate surface area is 205 Å². The van der Waals surface area contributed by atoms with Crippen molar-refractivity contribution in [2.75, 3.05) is 5.32 Å². The fourth-order valence-corrected chi connectivity index (χ4v) is 5.87. The van der Waals surface area contributed by atoms with Gasteiger partial charge in [0.15, 0.2) is 5.78 Å². The molecule has 1 fully saturated rings. The number of hydrogen-bond acceptors (Lipinski definition) is 6. The maximum Gasteiger partial charge on any atom is 0.326 e. The van der Waals surface area contributed by atoms with Crippen molar-refractivity contribution in [2.24, 2.45) is 5.41 Å². The molecule has 0 radical (unpaired) electrons. The Balaban J connectivity index is 1.30. The number of rotatable bonds is 7. The number of benzene rings is 1. The van der Waals surface area contributed by atoms with Gasteiger partial charge in [0.1, 0.15) is 11.9 Å². The molecule has 0 bridgehead atoms. The highest BCUT2D eigenvalue weighted by molar-refractivity contribution is 9.12. The summed E-state index contributed by atoms with van der Waals surface area (Å²) in [5.41, 5.74) is 1.97. The Morgan fingerprint density at radius 3 is 2.56 bits per heavy atom. The fourth-order valence-electron chi connectivity index (χ4n) is 5.00. The van der Waals surface area contributed by atoms with E-state index in [0.29, 0.717) is 16.7 Å². The molecule has 1 atom stereocenters. The molecule has 8 heteroatoms. The van der Waals surface area contributed by atoms with E-state index < -0.39 is 17.4 Å². The van der Waals surface area contributed by atoms with Crippen LogP contribution in [0.5, 0.6) is 0 Å². The summed E-state index contributed by atoms with van der Waals surface area (Å²) in [5, 5.41) is 18.4. The van der Waals surface area contributed by atoms with Crippen LogP contribution < -0.4 is 10.6 Å². The van der Waals surface area contributed by atoms with Crippen LogP contribution in [-0.2, 0) is 16.0 Å². The van der Waals surface area contributed by atoms with Gasteiger partial charge in [0.05, 0.1) is 9.90 Å². The van der Waals surface area contributed by atoms with Crippen LogP contribution in [0.2, 0.25) is 0 Å². The van der Waals surface area contributed by atoms with Gasteiger partial charge in [-0.25, -0.2) is 9.78 Å². The number of halogens is 1. The zero-order chi connectivity index (χ0) is 23.7. The van der Waals surface area contributed by atoms with Crippen LogP contribution in [0.15, 0.2) is 65.2 Å². The standard InChI is InChI=1S/C26H25BrN4O3/c27-21-22(26(23(21)32)10-2-1-3-11-26)31-20(25(33)34)14-16-4-6-18(7-5-16)30-24-19-15-28-12-8-17(19)9-13-29-24/h4-9,12-13,15,20,31H,1-3,10-11,14H2,(H,29,30)(H,33,34)/t20-/m0/s1. The first kappa shape index (κ1) is 22.5. The van der Waals surface area contributed by atoms with E-state index in [2.05, 4.69) is 36.5 Å². The van der Waals surface area contributed by atoms with Crippen LogP contribution in [0, 0.1) is 5.41 Å². The van der Waals surface area contributed by atoms with Crippen LogP contribution in [-0.4, -0.2) is 32.9 Å². The molecule has 0 unspecified atom stereocenters. The molecule has 1 aromatic carbocycles. The van der Waals surface area contributed by atoms with Crippen molar-refractivity contribution in [1.82, 2.24) is 15.3 Å². The monoisotopic (exact) mass is 520 g/mol. The molecule has 2 aliphatic carbocycles. The van der Waals surface area contributed by atoms with Gasteiger partial charge in [0.25, 0.3) is 0 Å². The lowest BCUT2D eigenvalue weighted by Crippen LogP contribution is -2.53. The molecule has 0 aliphatic heterocycles. The first-order valence-corrected chi connectivity index (χ1v) is 12.3. The molecule has 3 aromatic rings. The molecule has 34 heavy (non-hydrogen) atoms. The number of aromatic nitrogens is 2. The first-order chi connectivity index (χ1) is 16.5. The zero-order valence-electron chi connectivity index (χ0n) is 18.6. The molecule has 1 saturated carbocycles. The Bertz CT molecular complexity index is 1280. The number of fused-ring (bicyclic) bond motifs is 1. The number of allylic oxidation sites excluding steroid dienone is 2. The number of nitrogens with one attached hydrogen (secondary N) is 2. The molecule has 2 heterocycles. The number of Topliss-reactive ketones (excluding diaryl/α,β-unsaturated/α-hetero) is 1. The zero-order valence-corrected chi connectivity index (χ0v) is 20.1. The molecule has 7 nitrogen and oxygen atoms in total. The quantitative estimate of drug-likeness (QED) is 0.398. The van der Waals surface area contributed by atoms with Gasteiger partial charge in [0.2, 0.25) is 0 Å². The maximum atomic E-state index is 12.6. The van der Waals surface area contributed by atoms with E-state index in [1.54, 1.807) is 18.6 Å². The number of nitrogens with zero attached hydrogens (tertiary/aromatic N) is 2. The third kappa shape index (κ3) is 4.07. The summed E-state index contributed by atoms with van der Waals surface area (Å²) >= 11 is 3.38. The molecule has 174 valence electrons. The molecule has 0 saturated heterocycles. The van der Waals surface area contributed by atoms with Crippen LogP contribution in [0.3, 0.4) is 0 Å².